The lowest BCUT2D eigenvalue weighted by Crippen LogP contribution is -2.28. The Bertz CT molecular complexity index is 329. The van der Waals surface area contributed by atoms with Crippen molar-refractivity contribution < 1.29 is 17.9 Å². The molecular weight excluding hydrogens is 231 g/mol. The highest BCUT2D eigenvalue weighted by molar-refractivity contribution is 6.29. The molecule has 1 unspecified atom stereocenters. The molecule has 0 spiro atoms. The number of hydrogen-bond donors (Lipinski definition) is 0. The monoisotopic (exact) mass is 239 g/mol. The number of halogens is 4. The topological polar surface area (TPSA) is 22.1 Å². The van der Waals surface area contributed by atoms with E-state index in [0.717, 1.165) is 6.92 Å². The van der Waals surface area contributed by atoms with E-state index in [-0.39, 0.29) is 11.8 Å². The van der Waals surface area contributed by atoms with Crippen LogP contribution in [-0.4, -0.2) is 17.3 Å². The summed E-state index contributed by atoms with van der Waals surface area (Å²) in [5.74, 6) is 0. The van der Waals surface area contributed by atoms with E-state index in [4.69, 9.17) is 11.6 Å². The molecule has 1 aromatic rings. The van der Waals surface area contributed by atoms with Gasteiger partial charge in [-0.1, -0.05) is 11.6 Å². The van der Waals surface area contributed by atoms with Gasteiger partial charge in [-0.2, -0.15) is 13.2 Å². The molecular formula is C9H9ClF3NO. The van der Waals surface area contributed by atoms with Crippen LogP contribution in [0.2, 0.25) is 5.15 Å². The highest BCUT2D eigenvalue weighted by atomic mass is 35.5. The van der Waals surface area contributed by atoms with E-state index >= 15 is 0 Å². The second kappa shape index (κ2) is 4.81. The third kappa shape index (κ3) is 4.05. The molecule has 0 N–H and O–H groups in total. The molecule has 15 heavy (non-hydrogen) atoms. The summed E-state index contributed by atoms with van der Waals surface area (Å²) in [7, 11) is 0. The summed E-state index contributed by atoms with van der Waals surface area (Å²) in [6, 6.07) is 3.01. The molecule has 0 saturated carbocycles. The van der Waals surface area contributed by atoms with Crippen molar-refractivity contribution in [3.8, 4) is 0 Å². The molecule has 0 saturated heterocycles. The van der Waals surface area contributed by atoms with Gasteiger partial charge in [-0.3, -0.25) is 0 Å². The van der Waals surface area contributed by atoms with Crippen molar-refractivity contribution in [3.63, 3.8) is 0 Å². The summed E-state index contributed by atoms with van der Waals surface area (Å²) in [6.45, 7) is 0.825. The third-order valence-electron chi connectivity index (χ3n) is 1.75. The average molecular weight is 240 g/mol. The summed E-state index contributed by atoms with van der Waals surface area (Å²) in [4.78, 5) is 3.70. The second-order valence-corrected chi connectivity index (χ2v) is 3.37. The second-order valence-electron chi connectivity index (χ2n) is 2.98. The molecule has 1 heterocycles. The van der Waals surface area contributed by atoms with E-state index in [9.17, 15) is 13.2 Å². The third-order valence-corrected chi connectivity index (χ3v) is 1.96. The van der Waals surface area contributed by atoms with Gasteiger partial charge in [0.05, 0.1) is 6.61 Å². The number of alkyl halides is 3. The Hall–Kier alpha value is -0.810. The summed E-state index contributed by atoms with van der Waals surface area (Å²) in [5.41, 5.74) is 0.561. The fourth-order valence-electron chi connectivity index (χ4n) is 0.848. The maximum absolute atomic E-state index is 12.1. The van der Waals surface area contributed by atoms with E-state index in [2.05, 4.69) is 9.72 Å². The number of aromatic nitrogens is 1. The lowest BCUT2D eigenvalue weighted by atomic mass is 10.3. The van der Waals surface area contributed by atoms with E-state index < -0.39 is 12.3 Å². The lowest BCUT2D eigenvalue weighted by molar-refractivity contribution is -0.217. The first-order valence-electron chi connectivity index (χ1n) is 4.18. The van der Waals surface area contributed by atoms with Crippen molar-refractivity contribution in [1.82, 2.24) is 4.98 Å². The minimum Gasteiger partial charge on any atom is -0.364 e. The fourth-order valence-corrected chi connectivity index (χ4v) is 1.04. The van der Waals surface area contributed by atoms with Crippen LogP contribution in [0.1, 0.15) is 12.5 Å². The summed E-state index contributed by atoms with van der Waals surface area (Å²) >= 11 is 5.56. The van der Waals surface area contributed by atoms with Crippen LogP contribution in [0.3, 0.4) is 0 Å². The van der Waals surface area contributed by atoms with Gasteiger partial charge in [-0.25, -0.2) is 4.98 Å². The quantitative estimate of drug-likeness (QED) is 0.756. The standard InChI is InChI=1S/C9H9ClF3NO/c1-6(9(11,12)13)15-5-7-2-3-14-8(10)4-7/h2-4,6H,5H2,1H3. The molecule has 0 fully saturated rings. The molecule has 0 bridgehead atoms. The Morgan fingerprint density at radius 2 is 2.20 bits per heavy atom. The Kier molecular flexibility index (Phi) is 3.93. The van der Waals surface area contributed by atoms with Crippen molar-refractivity contribution in [2.45, 2.75) is 25.8 Å². The fraction of sp³-hybridized carbons (Fsp3) is 0.444. The van der Waals surface area contributed by atoms with Crippen LogP contribution in [0, 0.1) is 0 Å². The molecule has 0 aliphatic carbocycles. The van der Waals surface area contributed by atoms with Gasteiger partial charge in [0.1, 0.15) is 5.15 Å². The van der Waals surface area contributed by atoms with Crippen LogP contribution in [0.15, 0.2) is 18.3 Å². The van der Waals surface area contributed by atoms with Gasteiger partial charge in [0.15, 0.2) is 6.10 Å². The Labute approximate surface area is 90.0 Å². The van der Waals surface area contributed by atoms with Gasteiger partial charge >= 0.3 is 6.18 Å². The van der Waals surface area contributed by atoms with Crippen molar-refractivity contribution in [1.29, 1.82) is 0 Å². The normalized spacial score (nSPS) is 13.9. The van der Waals surface area contributed by atoms with Crippen LogP contribution >= 0.6 is 11.6 Å². The Balaban J connectivity index is 2.51. The van der Waals surface area contributed by atoms with Gasteiger partial charge in [-0.15, -0.1) is 0 Å². The van der Waals surface area contributed by atoms with Crippen molar-refractivity contribution >= 4 is 11.6 Å². The van der Waals surface area contributed by atoms with Crippen LogP contribution < -0.4 is 0 Å². The van der Waals surface area contributed by atoms with Crippen molar-refractivity contribution in [2.75, 3.05) is 0 Å². The zero-order chi connectivity index (χ0) is 11.5. The largest absolute Gasteiger partial charge is 0.414 e. The number of rotatable bonds is 3. The van der Waals surface area contributed by atoms with Crippen molar-refractivity contribution in [2.24, 2.45) is 0 Å². The summed E-state index contributed by atoms with van der Waals surface area (Å²) in [6.07, 6.45) is -4.71. The molecule has 2 nitrogen and oxygen atoms in total. The first-order valence-corrected chi connectivity index (χ1v) is 4.56. The highest BCUT2D eigenvalue weighted by Crippen LogP contribution is 2.23. The van der Waals surface area contributed by atoms with Crippen molar-refractivity contribution in [3.05, 3.63) is 29.0 Å². The maximum atomic E-state index is 12.1. The van der Waals surface area contributed by atoms with Gasteiger partial charge in [0, 0.05) is 6.20 Å². The van der Waals surface area contributed by atoms with E-state index in [1.807, 2.05) is 0 Å². The van der Waals surface area contributed by atoms with Gasteiger partial charge in [0.2, 0.25) is 0 Å². The molecule has 1 rings (SSSR count). The molecule has 0 radical (unpaired) electrons. The molecule has 0 amide bonds. The molecule has 0 aromatic carbocycles. The SMILES string of the molecule is CC(OCc1ccnc(Cl)c1)C(F)(F)F. The highest BCUT2D eigenvalue weighted by Gasteiger charge is 2.36. The van der Waals surface area contributed by atoms with E-state index in [1.165, 1.54) is 12.3 Å². The molecule has 6 heteroatoms. The van der Waals surface area contributed by atoms with Gasteiger partial charge < -0.3 is 4.74 Å². The van der Waals surface area contributed by atoms with E-state index in [0.29, 0.717) is 5.56 Å². The first kappa shape index (κ1) is 12.3. The molecule has 0 aliphatic rings. The van der Waals surface area contributed by atoms with Crippen LogP contribution in [0.5, 0.6) is 0 Å². The number of nitrogens with zero attached hydrogens (tertiary/aromatic N) is 1. The minimum atomic E-state index is -4.34. The lowest BCUT2D eigenvalue weighted by Gasteiger charge is -2.16. The van der Waals surface area contributed by atoms with Crippen LogP contribution in [0.4, 0.5) is 13.2 Å². The number of pyridine rings is 1. The van der Waals surface area contributed by atoms with E-state index in [1.54, 1.807) is 6.07 Å². The zero-order valence-corrected chi connectivity index (χ0v) is 8.64. The Morgan fingerprint density at radius 1 is 1.53 bits per heavy atom. The predicted molar refractivity (Wildman–Crippen MR) is 49.6 cm³/mol. The minimum absolute atomic E-state index is 0.136. The maximum Gasteiger partial charge on any atom is 0.414 e. The number of hydrogen-bond acceptors (Lipinski definition) is 2. The molecule has 84 valence electrons. The molecule has 0 aliphatic heterocycles. The van der Waals surface area contributed by atoms with Gasteiger partial charge in [-0.05, 0) is 24.6 Å². The first-order chi connectivity index (χ1) is 6.89. The average Bonchev–Trinajstić information content (AvgIpc) is 2.12. The Morgan fingerprint density at radius 3 is 2.73 bits per heavy atom. The molecule has 1 atom stereocenters. The predicted octanol–water partition coefficient (Wildman–Crippen LogP) is 3.20. The number of ether oxygens (including phenoxy) is 1. The zero-order valence-electron chi connectivity index (χ0n) is 7.88. The van der Waals surface area contributed by atoms with Crippen LogP contribution in [-0.2, 0) is 11.3 Å². The smallest absolute Gasteiger partial charge is 0.364 e. The summed E-state index contributed by atoms with van der Waals surface area (Å²) < 4.78 is 40.8. The summed E-state index contributed by atoms with van der Waals surface area (Å²) in [5, 5.41) is 0.232. The van der Waals surface area contributed by atoms with Crippen LogP contribution in [0.25, 0.3) is 0 Å². The van der Waals surface area contributed by atoms with Gasteiger partial charge in [0.25, 0.3) is 0 Å². The molecule has 1 aromatic heterocycles.